The van der Waals surface area contributed by atoms with Gasteiger partial charge in [-0.3, -0.25) is 0 Å². The molecule has 0 saturated heterocycles. The van der Waals surface area contributed by atoms with Gasteiger partial charge in [0.1, 0.15) is 0 Å². The van der Waals surface area contributed by atoms with Gasteiger partial charge < -0.3 is 4.84 Å². The Kier molecular flexibility index (Phi) is 2.66. The molecule has 0 atom stereocenters. The maximum atomic E-state index is 4.94. The van der Waals surface area contributed by atoms with Crippen molar-refractivity contribution in [1.82, 2.24) is 0 Å². The van der Waals surface area contributed by atoms with Crippen molar-refractivity contribution < 1.29 is 4.84 Å². The van der Waals surface area contributed by atoms with Crippen LogP contribution in [0.2, 0.25) is 0 Å². The van der Waals surface area contributed by atoms with E-state index in [1.165, 1.54) is 0 Å². The Bertz CT molecular complexity index is 236. The molecule has 0 aromatic heterocycles. The Morgan fingerprint density at radius 2 is 2.36 bits per heavy atom. The van der Waals surface area contributed by atoms with Crippen LogP contribution in [0.5, 0.6) is 0 Å². The van der Waals surface area contributed by atoms with E-state index < -0.39 is 0 Å². The summed E-state index contributed by atoms with van der Waals surface area (Å²) >= 11 is 0. The number of allylic oxidation sites excluding steroid dienone is 4. The zero-order valence-corrected chi connectivity index (χ0v) is 6.58. The van der Waals surface area contributed by atoms with Crippen molar-refractivity contribution in [3.8, 4) is 0 Å². The van der Waals surface area contributed by atoms with Crippen LogP contribution in [-0.4, -0.2) is 5.71 Å². The first-order chi connectivity index (χ1) is 5.29. The molecule has 0 radical (unpaired) electrons. The van der Waals surface area contributed by atoms with Crippen molar-refractivity contribution >= 4 is 5.71 Å². The lowest BCUT2D eigenvalue weighted by Gasteiger charge is -1.96. The third kappa shape index (κ3) is 2.85. The minimum absolute atomic E-state index is 0.566. The Hall–Kier alpha value is -1.31. The van der Waals surface area contributed by atoms with Crippen LogP contribution in [0.3, 0.4) is 0 Å². The van der Waals surface area contributed by atoms with Crippen LogP contribution >= 0.6 is 0 Å². The van der Waals surface area contributed by atoms with Crippen LogP contribution in [-0.2, 0) is 4.84 Å². The normalized spacial score (nSPS) is 28.5. The topological polar surface area (TPSA) is 21.6 Å². The lowest BCUT2D eigenvalue weighted by Crippen LogP contribution is -1.89. The number of hydrogen-bond donors (Lipinski definition) is 0. The van der Waals surface area contributed by atoms with E-state index in [1.807, 2.05) is 25.2 Å². The Balaban J connectivity index is 2.71. The van der Waals surface area contributed by atoms with Crippen molar-refractivity contribution in [2.45, 2.75) is 13.3 Å². The summed E-state index contributed by atoms with van der Waals surface area (Å²) in [6.07, 6.45) is 8.48. The summed E-state index contributed by atoms with van der Waals surface area (Å²) in [4.78, 5) is 4.94. The van der Waals surface area contributed by atoms with E-state index in [2.05, 4.69) is 11.7 Å². The molecule has 1 aliphatic rings. The van der Waals surface area contributed by atoms with Gasteiger partial charge in [0, 0.05) is 6.42 Å². The summed E-state index contributed by atoms with van der Waals surface area (Å²) in [5, 5.41) is 3.84. The molecule has 0 spiro atoms. The van der Waals surface area contributed by atoms with E-state index in [0.29, 0.717) is 5.76 Å². The number of nitrogens with zero attached hydrogens (tertiary/aromatic N) is 1. The highest BCUT2D eigenvalue weighted by Gasteiger charge is 1.91. The summed E-state index contributed by atoms with van der Waals surface area (Å²) in [6.45, 7) is 5.56. The van der Waals surface area contributed by atoms with Crippen LogP contribution in [0.1, 0.15) is 13.3 Å². The summed E-state index contributed by atoms with van der Waals surface area (Å²) in [5.41, 5.74) is 0.950. The fourth-order valence-electron chi connectivity index (χ4n) is 0.684. The van der Waals surface area contributed by atoms with Gasteiger partial charge in [-0.2, -0.15) is 0 Å². The van der Waals surface area contributed by atoms with Crippen molar-refractivity contribution in [2.24, 2.45) is 5.16 Å². The van der Waals surface area contributed by atoms with Gasteiger partial charge in [0.25, 0.3) is 0 Å². The maximum absolute atomic E-state index is 4.94. The first kappa shape index (κ1) is 7.79. The molecule has 58 valence electrons. The molecule has 11 heavy (non-hydrogen) atoms. The lowest BCUT2D eigenvalue weighted by atomic mass is 10.3. The molecular weight excluding hydrogens is 138 g/mol. The predicted octanol–water partition coefficient (Wildman–Crippen LogP) is 2.41. The van der Waals surface area contributed by atoms with Gasteiger partial charge in [0.2, 0.25) is 0 Å². The largest absolute Gasteiger partial charge is 0.358 e. The first-order valence-corrected chi connectivity index (χ1v) is 3.51. The number of oxime groups is 1. The van der Waals surface area contributed by atoms with Crippen molar-refractivity contribution in [2.75, 3.05) is 0 Å². The van der Waals surface area contributed by atoms with Crippen molar-refractivity contribution in [3.63, 3.8) is 0 Å². The van der Waals surface area contributed by atoms with E-state index in [1.54, 1.807) is 6.08 Å². The minimum atomic E-state index is 0.566. The molecule has 0 saturated carbocycles. The zero-order chi connectivity index (χ0) is 8.10. The lowest BCUT2D eigenvalue weighted by molar-refractivity contribution is 0.242. The van der Waals surface area contributed by atoms with Gasteiger partial charge in [-0.05, 0) is 13.0 Å². The standard InChI is InChI=1S/C9H11NO/c1-8-6-4-3-5-7-9(2)11-10-8/h3-5,7H,2,6H2,1H3/b4-3-,7-5-,10-8-. The molecule has 0 amide bonds. The van der Waals surface area contributed by atoms with Gasteiger partial charge in [-0.1, -0.05) is 30.0 Å². The predicted molar refractivity (Wildman–Crippen MR) is 46.2 cm³/mol. The molecule has 1 aliphatic heterocycles. The van der Waals surface area contributed by atoms with Crippen molar-refractivity contribution in [3.05, 3.63) is 36.6 Å². The van der Waals surface area contributed by atoms with E-state index in [0.717, 1.165) is 12.1 Å². The third-order valence-corrected chi connectivity index (χ3v) is 1.26. The molecule has 0 aromatic carbocycles. The molecule has 2 nitrogen and oxygen atoms in total. The van der Waals surface area contributed by atoms with Gasteiger partial charge in [-0.25, -0.2) is 0 Å². The smallest absolute Gasteiger partial charge is 0.150 e. The third-order valence-electron chi connectivity index (χ3n) is 1.26. The SMILES string of the molecule is C=C1/C=C\C=C/C/C(C)=N\O1. The van der Waals surface area contributed by atoms with Crippen LogP contribution in [0.15, 0.2) is 41.8 Å². The van der Waals surface area contributed by atoms with E-state index in [4.69, 9.17) is 4.84 Å². The highest BCUT2D eigenvalue weighted by atomic mass is 16.6. The maximum Gasteiger partial charge on any atom is 0.150 e. The molecule has 0 aromatic rings. The van der Waals surface area contributed by atoms with Gasteiger partial charge in [0.15, 0.2) is 5.76 Å². The van der Waals surface area contributed by atoms with Crippen LogP contribution in [0.4, 0.5) is 0 Å². The first-order valence-electron chi connectivity index (χ1n) is 3.51. The molecular formula is C9H11NO. The van der Waals surface area contributed by atoms with Crippen LogP contribution in [0, 0.1) is 0 Å². The van der Waals surface area contributed by atoms with E-state index >= 15 is 0 Å². The number of rotatable bonds is 0. The molecule has 0 unspecified atom stereocenters. The second kappa shape index (κ2) is 3.76. The Labute approximate surface area is 66.5 Å². The molecule has 2 heteroatoms. The number of hydrogen-bond acceptors (Lipinski definition) is 2. The van der Waals surface area contributed by atoms with E-state index in [-0.39, 0.29) is 0 Å². The highest BCUT2D eigenvalue weighted by Crippen LogP contribution is 2.01. The molecule has 1 heterocycles. The summed E-state index contributed by atoms with van der Waals surface area (Å²) in [6, 6.07) is 0. The monoisotopic (exact) mass is 149 g/mol. The minimum Gasteiger partial charge on any atom is -0.358 e. The van der Waals surface area contributed by atoms with Gasteiger partial charge in [-0.15, -0.1) is 0 Å². The highest BCUT2D eigenvalue weighted by molar-refractivity contribution is 5.82. The van der Waals surface area contributed by atoms with Gasteiger partial charge >= 0.3 is 0 Å². The molecule has 0 aliphatic carbocycles. The second-order valence-corrected chi connectivity index (χ2v) is 2.38. The van der Waals surface area contributed by atoms with Crippen LogP contribution < -0.4 is 0 Å². The quantitative estimate of drug-likeness (QED) is 0.518. The summed E-state index contributed by atoms with van der Waals surface area (Å²) in [5.74, 6) is 0.566. The molecule has 0 fully saturated rings. The Morgan fingerprint density at radius 3 is 3.18 bits per heavy atom. The fraction of sp³-hybridized carbons (Fsp3) is 0.222. The molecule has 0 bridgehead atoms. The fourth-order valence-corrected chi connectivity index (χ4v) is 0.684. The second-order valence-electron chi connectivity index (χ2n) is 2.38. The van der Waals surface area contributed by atoms with Crippen molar-refractivity contribution in [1.29, 1.82) is 0 Å². The zero-order valence-electron chi connectivity index (χ0n) is 6.58. The van der Waals surface area contributed by atoms with E-state index in [9.17, 15) is 0 Å². The summed E-state index contributed by atoms with van der Waals surface area (Å²) < 4.78 is 0. The summed E-state index contributed by atoms with van der Waals surface area (Å²) in [7, 11) is 0. The van der Waals surface area contributed by atoms with Gasteiger partial charge in [0.05, 0.1) is 5.71 Å². The van der Waals surface area contributed by atoms with Crippen LogP contribution in [0.25, 0.3) is 0 Å². The molecule has 0 N–H and O–H groups in total. The molecule has 1 rings (SSSR count). The average Bonchev–Trinajstić information content (AvgIpc) is 2.06. The Morgan fingerprint density at radius 1 is 1.55 bits per heavy atom. The average molecular weight is 149 g/mol.